The van der Waals surface area contributed by atoms with Crippen LogP contribution in [0.4, 0.5) is 0 Å². The highest BCUT2D eigenvalue weighted by Gasteiger charge is 2.17. The van der Waals surface area contributed by atoms with Gasteiger partial charge < -0.3 is 11.1 Å². The molecule has 2 atom stereocenters. The number of nitrogens with one attached hydrogen (secondary N) is 1. The van der Waals surface area contributed by atoms with Crippen molar-refractivity contribution in [1.82, 2.24) is 5.32 Å². The summed E-state index contributed by atoms with van der Waals surface area (Å²) in [5.41, 5.74) is 6.64. The van der Waals surface area contributed by atoms with Crippen LogP contribution in [0.15, 0.2) is 28.7 Å². The summed E-state index contributed by atoms with van der Waals surface area (Å²) < 4.78 is 1.04. The molecule has 0 aliphatic carbocycles. The zero-order valence-electron chi connectivity index (χ0n) is 10.2. The Kier molecular flexibility index (Phi) is 5.65. The Morgan fingerprint density at radius 3 is 2.47 bits per heavy atom. The SMILES string of the molecule is CCC(CN)C(=O)N[C@H](C)c1ccc(Br)cc1. The van der Waals surface area contributed by atoms with Crippen molar-refractivity contribution in [2.75, 3.05) is 6.54 Å². The van der Waals surface area contributed by atoms with E-state index >= 15 is 0 Å². The predicted octanol–water partition coefficient (Wildman–Crippen LogP) is 2.61. The quantitative estimate of drug-likeness (QED) is 0.878. The van der Waals surface area contributed by atoms with Crippen LogP contribution in [-0.2, 0) is 4.79 Å². The van der Waals surface area contributed by atoms with Crippen molar-refractivity contribution in [2.45, 2.75) is 26.3 Å². The molecule has 0 aromatic heterocycles. The molecule has 1 amide bonds. The summed E-state index contributed by atoms with van der Waals surface area (Å²) in [5, 5.41) is 2.98. The molecule has 4 heteroatoms. The lowest BCUT2D eigenvalue weighted by Gasteiger charge is -2.18. The first-order chi connectivity index (χ1) is 8.08. The van der Waals surface area contributed by atoms with E-state index < -0.39 is 0 Å². The minimum absolute atomic E-state index is 0.0104. The number of carbonyl (C=O) groups is 1. The molecule has 94 valence electrons. The third-order valence-electron chi connectivity index (χ3n) is 2.88. The van der Waals surface area contributed by atoms with Crippen molar-refractivity contribution in [3.05, 3.63) is 34.3 Å². The summed E-state index contributed by atoms with van der Waals surface area (Å²) in [6, 6.07) is 7.95. The van der Waals surface area contributed by atoms with Gasteiger partial charge >= 0.3 is 0 Å². The van der Waals surface area contributed by atoms with Crippen LogP contribution in [0.5, 0.6) is 0 Å². The van der Waals surface area contributed by atoms with Gasteiger partial charge in [-0.25, -0.2) is 0 Å². The van der Waals surface area contributed by atoms with Crippen molar-refractivity contribution >= 4 is 21.8 Å². The van der Waals surface area contributed by atoms with Gasteiger partial charge in [0.15, 0.2) is 0 Å². The number of amides is 1. The molecule has 1 unspecified atom stereocenters. The Hall–Kier alpha value is -0.870. The highest BCUT2D eigenvalue weighted by Crippen LogP contribution is 2.17. The van der Waals surface area contributed by atoms with Crippen molar-refractivity contribution in [3.8, 4) is 0 Å². The second kappa shape index (κ2) is 6.77. The first-order valence-electron chi connectivity index (χ1n) is 5.84. The second-order valence-electron chi connectivity index (χ2n) is 4.12. The molecule has 0 saturated carbocycles. The third-order valence-corrected chi connectivity index (χ3v) is 3.41. The molecule has 1 rings (SSSR count). The first-order valence-corrected chi connectivity index (χ1v) is 6.63. The minimum atomic E-state index is -0.0899. The van der Waals surface area contributed by atoms with E-state index in [9.17, 15) is 4.79 Å². The molecule has 0 spiro atoms. The molecule has 0 aliphatic rings. The van der Waals surface area contributed by atoms with E-state index in [2.05, 4.69) is 21.2 Å². The zero-order chi connectivity index (χ0) is 12.8. The van der Waals surface area contributed by atoms with Gasteiger partial charge in [0.05, 0.1) is 6.04 Å². The monoisotopic (exact) mass is 298 g/mol. The Morgan fingerprint density at radius 2 is 2.00 bits per heavy atom. The van der Waals surface area contributed by atoms with Gasteiger partial charge in [-0.3, -0.25) is 4.79 Å². The molecule has 0 bridgehead atoms. The van der Waals surface area contributed by atoms with Gasteiger partial charge in [0.25, 0.3) is 0 Å². The Bertz CT molecular complexity index is 360. The molecule has 3 N–H and O–H groups in total. The number of rotatable bonds is 5. The van der Waals surface area contributed by atoms with E-state index in [4.69, 9.17) is 5.73 Å². The van der Waals surface area contributed by atoms with Crippen LogP contribution in [0, 0.1) is 5.92 Å². The predicted molar refractivity (Wildman–Crippen MR) is 73.5 cm³/mol. The Morgan fingerprint density at radius 1 is 1.41 bits per heavy atom. The number of carbonyl (C=O) groups excluding carboxylic acids is 1. The molecule has 0 heterocycles. The molecular formula is C13H19BrN2O. The van der Waals surface area contributed by atoms with Crippen LogP contribution in [0.25, 0.3) is 0 Å². The maximum Gasteiger partial charge on any atom is 0.224 e. The minimum Gasteiger partial charge on any atom is -0.349 e. The highest BCUT2D eigenvalue weighted by molar-refractivity contribution is 9.10. The number of halogens is 1. The van der Waals surface area contributed by atoms with Gasteiger partial charge in [0, 0.05) is 16.9 Å². The fraction of sp³-hybridized carbons (Fsp3) is 0.462. The van der Waals surface area contributed by atoms with E-state index in [0.29, 0.717) is 6.54 Å². The van der Waals surface area contributed by atoms with Crippen LogP contribution < -0.4 is 11.1 Å². The lowest BCUT2D eigenvalue weighted by molar-refractivity contribution is -0.125. The van der Waals surface area contributed by atoms with E-state index in [0.717, 1.165) is 16.5 Å². The summed E-state index contributed by atoms with van der Waals surface area (Å²) in [7, 11) is 0. The van der Waals surface area contributed by atoms with Gasteiger partial charge in [0.1, 0.15) is 0 Å². The largest absolute Gasteiger partial charge is 0.349 e. The summed E-state index contributed by atoms with van der Waals surface area (Å²) in [4.78, 5) is 11.9. The van der Waals surface area contributed by atoms with E-state index in [1.165, 1.54) is 0 Å². The van der Waals surface area contributed by atoms with Gasteiger partial charge in [0.2, 0.25) is 5.91 Å². The molecule has 3 nitrogen and oxygen atoms in total. The molecule has 0 aliphatic heterocycles. The number of benzene rings is 1. The highest BCUT2D eigenvalue weighted by atomic mass is 79.9. The van der Waals surface area contributed by atoms with Crippen molar-refractivity contribution < 1.29 is 4.79 Å². The van der Waals surface area contributed by atoms with Gasteiger partial charge in [-0.15, -0.1) is 0 Å². The number of hydrogen-bond donors (Lipinski definition) is 2. The summed E-state index contributed by atoms with van der Waals surface area (Å²) in [5.74, 6) is -0.0571. The molecule has 0 fully saturated rings. The average Bonchev–Trinajstić information content (AvgIpc) is 2.31. The lowest BCUT2D eigenvalue weighted by atomic mass is 10.0. The molecule has 17 heavy (non-hydrogen) atoms. The van der Waals surface area contributed by atoms with E-state index in [-0.39, 0.29) is 17.9 Å². The van der Waals surface area contributed by atoms with Crippen molar-refractivity contribution in [2.24, 2.45) is 11.7 Å². The van der Waals surface area contributed by atoms with Crippen molar-refractivity contribution in [3.63, 3.8) is 0 Å². The fourth-order valence-electron chi connectivity index (χ4n) is 1.63. The zero-order valence-corrected chi connectivity index (χ0v) is 11.8. The smallest absolute Gasteiger partial charge is 0.224 e. The van der Waals surface area contributed by atoms with Crippen LogP contribution in [0.1, 0.15) is 31.9 Å². The maximum atomic E-state index is 11.9. The lowest BCUT2D eigenvalue weighted by Crippen LogP contribution is -2.36. The van der Waals surface area contributed by atoms with Gasteiger partial charge in [-0.05, 0) is 31.0 Å². The second-order valence-corrected chi connectivity index (χ2v) is 5.04. The molecule has 1 aromatic carbocycles. The van der Waals surface area contributed by atoms with E-state index in [1.54, 1.807) is 0 Å². The van der Waals surface area contributed by atoms with Gasteiger partial charge in [-0.1, -0.05) is 35.0 Å². The van der Waals surface area contributed by atoms with Crippen molar-refractivity contribution in [1.29, 1.82) is 0 Å². The van der Waals surface area contributed by atoms with Crippen LogP contribution in [0.3, 0.4) is 0 Å². The van der Waals surface area contributed by atoms with E-state index in [1.807, 2.05) is 38.1 Å². The van der Waals surface area contributed by atoms with Gasteiger partial charge in [-0.2, -0.15) is 0 Å². The topological polar surface area (TPSA) is 55.1 Å². The standard InChI is InChI=1S/C13H19BrN2O/c1-3-10(8-15)13(17)16-9(2)11-4-6-12(14)7-5-11/h4-7,9-10H,3,8,15H2,1-2H3,(H,16,17)/t9-,10?/m1/s1. The fourth-order valence-corrected chi connectivity index (χ4v) is 1.89. The maximum absolute atomic E-state index is 11.9. The first kappa shape index (κ1) is 14.2. The molecular weight excluding hydrogens is 280 g/mol. The summed E-state index contributed by atoms with van der Waals surface area (Å²) >= 11 is 3.39. The van der Waals surface area contributed by atoms with Crippen LogP contribution in [-0.4, -0.2) is 12.5 Å². The third kappa shape index (κ3) is 4.13. The molecule has 0 saturated heterocycles. The molecule has 0 radical (unpaired) electrons. The van der Waals surface area contributed by atoms with Crippen LogP contribution in [0.2, 0.25) is 0 Å². The summed E-state index contributed by atoms with van der Waals surface area (Å²) in [6.07, 6.45) is 0.773. The number of nitrogens with two attached hydrogens (primary N) is 1. The summed E-state index contributed by atoms with van der Waals surface area (Å²) in [6.45, 7) is 4.35. The van der Waals surface area contributed by atoms with Crippen LogP contribution >= 0.6 is 15.9 Å². The average molecular weight is 299 g/mol. The molecule has 1 aromatic rings. The Labute approximate surface area is 111 Å². The number of hydrogen-bond acceptors (Lipinski definition) is 2. The normalized spacial score (nSPS) is 14.1. The Balaban J connectivity index is 2.62.